The van der Waals surface area contributed by atoms with Gasteiger partial charge < -0.3 is 15.4 Å². The molecule has 1 atom stereocenters. The van der Waals surface area contributed by atoms with E-state index in [1.165, 1.54) is 4.90 Å². The molecule has 0 heterocycles. The standard InChI is InChI=1S/C14H22N2O4S/c1-16(10-11-6-4-5-7-13(11)20-2)14(17)12(15)8-9-21(3,18)19/h4-7,12H,8-10,15H2,1-3H3. The highest BCUT2D eigenvalue weighted by atomic mass is 32.2. The Labute approximate surface area is 125 Å². The van der Waals surface area contributed by atoms with Crippen LogP contribution in [0.3, 0.4) is 0 Å². The first kappa shape index (κ1) is 17.5. The zero-order chi connectivity index (χ0) is 16.0. The van der Waals surface area contributed by atoms with Crippen molar-refractivity contribution in [3.8, 4) is 5.75 Å². The summed E-state index contributed by atoms with van der Waals surface area (Å²) in [4.78, 5) is 13.6. The van der Waals surface area contributed by atoms with E-state index in [4.69, 9.17) is 10.5 Å². The Kier molecular flexibility index (Phi) is 6.17. The summed E-state index contributed by atoms with van der Waals surface area (Å²) in [6.45, 7) is 0.357. The van der Waals surface area contributed by atoms with Crippen molar-refractivity contribution in [1.82, 2.24) is 4.90 Å². The molecule has 0 fully saturated rings. The van der Waals surface area contributed by atoms with Gasteiger partial charge in [-0.1, -0.05) is 18.2 Å². The molecule has 1 amide bonds. The van der Waals surface area contributed by atoms with Crippen LogP contribution in [0.5, 0.6) is 5.75 Å². The van der Waals surface area contributed by atoms with Gasteiger partial charge >= 0.3 is 0 Å². The molecule has 0 bridgehead atoms. The molecule has 1 unspecified atom stereocenters. The average Bonchev–Trinajstić information content (AvgIpc) is 2.43. The zero-order valence-electron chi connectivity index (χ0n) is 12.6. The fourth-order valence-corrected chi connectivity index (χ4v) is 2.60. The van der Waals surface area contributed by atoms with E-state index >= 15 is 0 Å². The molecule has 0 spiro atoms. The van der Waals surface area contributed by atoms with Crippen LogP contribution in [0.1, 0.15) is 12.0 Å². The van der Waals surface area contributed by atoms with Crippen molar-refractivity contribution in [3.05, 3.63) is 29.8 Å². The molecular formula is C14H22N2O4S. The zero-order valence-corrected chi connectivity index (χ0v) is 13.4. The third-order valence-electron chi connectivity index (χ3n) is 3.09. The highest BCUT2D eigenvalue weighted by Crippen LogP contribution is 2.19. The van der Waals surface area contributed by atoms with Crippen LogP contribution in [0.25, 0.3) is 0 Å². The Bertz CT molecular complexity index is 586. The van der Waals surface area contributed by atoms with E-state index in [0.717, 1.165) is 11.8 Å². The first-order valence-electron chi connectivity index (χ1n) is 6.54. The third kappa shape index (κ3) is 5.73. The second-order valence-electron chi connectivity index (χ2n) is 5.03. The Morgan fingerprint density at radius 2 is 2.00 bits per heavy atom. The first-order chi connectivity index (χ1) is 9.74. The second-order valence-corrected chi connectivity index (χ2v) is 7.29. The number of likely N-dealkylation sites (N-methyl/N-ethyl adjacent to an activating group) is 1. The molecule has 1 rings (SSSR count). The fourth-order valence-electron chi connectivity index (χ4n) is 1.91. The molecule has 2 N–H and O–H groups in total. The predicted molar refractivity (Wildman–Crippen MR) is 81.8 cm³/mol. The van der Waals surface area contributed by atoms with E-state index in [9.17, 15) is 13.2 Å². The SMILES string of the molecule is COc1ccccc1CN(C)C(=O)C(N)CCS(C)(=O)=O. The van der Waals surface area contributed by atoms with Crippen LogP contribution in [0, 0.1) is 0 Å². The average molecular weight is 314 g/mol. The molecule has 0 aliphatic rings. The number of nitrogens with two attached hydrogens (primary N) is 1. The van der Waals surface area contributed by atoms with Crippen molar-refractivity contribution in [2.24, 2.45) is 5.73 Å². The highest BCUT2D eigenvalue weighted by Gasteiger charge is 2.20. The van der Waals surface area contributed by atoms with Crippen LogP contribution in [0.2, 0.25) is 0 Å². The van der Waals surface area contributed by atoms with E-state index in [0.29, 0.717) is 12.3 Å². The summed E-state index contributed by atoms with van der Waals surface area (Å²) in [5.74, 6) is 0.314. The van der Waals surface area contributed by atoms with E-state index in [1.54, 1.807) is 14.2 Å². The van der Waals surface area contributed by atoms with Gasteiger partial charge in [0.15, 0.2) is 0 Å². The van der Waals surface area contributed by atoms with Gasteiger partial charge in [0.05, 0.1) is 18.9 Å². The van der Waals surface area contributed by atoms with Crippen LogP contribution in [-0.2, 0) is 21.2 Å². The number of benzene rings is 1. The summed E-state index contributed by atoms with van der Waals surface area (Å²) in [6.07, 6.45) is 1.25. The number of amides is 1. The number of para-hydroxylation sites is 1. The molecule has 1 aromatic rings. The lowest BCUT2D eigenvalue weighted by Crippen LogP contribution is -2.42. The van der Waals surface area contributed by atoms with Gasteiger partial charge in [-0.2, -0.15) is 0 Å². The second kappa shape index (κ2) is 7.42. The fraction of sp³-hybridized carbons (Fsp3) is 0.500. The Morgan fingerprint density at radius 3 is 2.57 bits per heavy atom. The van der Waals surface area contributed by atoms with Gasteiger partial charge in [0, 0.05) is 25.4 Å². The molecule has 0 aromatic heterocycles. The summed E-state index contributed by atoms with van der Waals surface area (Å²) in [7, 11) is 0.0833. The molecule has 0 aliphatic heterocycles. The minimum absolute atomic E-state index is 0.0948. The molecule has 118 valence electrons. The smallest absolute Gasteiger partial charge is 0.239 e. The summed E-state index contributed by atoms with van der Waals surface area (Å²) in [5, 5.41) is 0. The molecule has 21 heavy (non-hydrogen) atoms. The van der Waals surface area contributed by atoms with Crippen molar-refractivity contribution < 1.29 is 17.9 Å². The van der Waals surface area contributed by atoms with E-state index in [2.05, 4.69) is 0 Å². The summed E-state index contributed by atoms with van der Waals surface area (Å²) < 4.78 is 27.4. The maximum atomic E-state index is 12.1. The van der Waals surface area contributed by atoms with Crippen molar-refractivity contribution in [2.45, 2.75) is 19.0 Å². The van der Waals surface area contributed by atoms with E-state index in [1.807, 2.05) is 24.3 Å². The number of hydrogen-bond donors (Lipinski definition) is 1. The molecule has 0 saturated heterocycles. The molecule has 0 radical (unpaired) electrons. The Balaban J connectivity index is 2.66. The Hall–Kier alpha value is -1.60. The van der Waals surface area contributed by atoms with Crippen LogP contribution in [0.4, 0.5) is 0 Å². The number of carbonyl (C=O) groups excluding carboxylic acids is 1. The number of ether oxygens (including phenoxy) is 1. The van der Waals surface area contributed by atoms with Crippen LogP contribution in [-0.4, -0.2) is 51.4 Å². The van der Waals surface area contributed by atoms with Gasteiger partial charge in [-0.15, -0.1) is 0 Å². The number of methoxy groups -OCH3 is 1. The largest absolute Gasteiger partial charge is 0.496 e. The summed E-state index contributed by atoms with van der Waals surface area (Å²) in [6, 6.07) is 6.57. The number of rotatable bonds is 7. The van der Waals surface area contributed by atoms with Gasteiger partial charge in [0.25, 0.3) is 0 Å². The molecular weight excluding hydrogens is 292 g/mol. The maximum absolute atomic E-state index is 12.1. The summed E-state index contributed by atoms with van der Waals surface area (Å²) >= 11 is 0. The molecule has 0 saturated carbocycles. The number of sulfone groups is 1. The van der Waals surface area contributed by atoms with Gasteiger partial charge in [0.1, 0.15) is 15.6 Å². The normalized spacial score (nSPS) is 12.8. The molecule has 7 heteroatoms. The van der Waals surface area contributed by atoms with Gasteiger partial charge in [0.2, 0.25) is 5.91 Å². The quantitative estimate of drug-likeness (QED) is 0.787. The van der Waals surface area contributed by atoms with Crippen LogP contribution >= 0.6 is 0 Å². The lowest BCUT2D eigenvalue weighted by molar-refractivity contribution is -0.131. The number of hydrogen-bond acceptors (Lipinski definition) is 5. The van der Waals surface area contributed by atoms with E-state index in [-0.39, 0.29) is 18.1 Å². The number of carbonyl (C=O) groups is 1. The number of nitrogens with zero attached hydrogens (tertiary/aromatic N) is 1. The lowest BCUT2D eigenvalue weighted by Gasteiger charge is -2.22. The first-order valence-corrected chi connectivity index (χ1v) is 8.61. The maximum Gasteiger partial charge on any atom is 0.239 e. The minimum Gasteiger partial charge on any atom is -0.496 e. The van der Waals surface area contributed by atoms with Crippen LogP contribution in [0.15, 0.2) is 24.3 Å². The van der Waals surface area contributed by atoms with Crippen molar-refractivity contribution >= 4 is 15.7 Å². The monoisotopic (exact) mass is 314 g/mol. The summed E-state index contributed by atoms with van der Waals surface area (Å²) in [5.41, 5.74) is 6.63. The lowest BCUT2D eigenvalue weighted by atomic mass is 10.1. The molecule has 6 nitrogen and oxygen atoms in total. The molecule has 1 aromatic carbocycles. The van der Waals surface area contributed by atoms with Crippen molar-refractivity contribution in [3.63, 3.8) is 0 Å². The van der Waals surface area contributed by atoms with Gasteiger partial charge in [-0.25, -0.2) is 8.42 Å². The highest BCUT2D eigenvalue weighted by molar-refractivity contribution is 7.90. The Morgan fingerprint density at radius 1 is 1.38 bits per heavy atom. The topological polar surface area (TPSA) is 89.7 Å². The predicted octanol–water partition coefficient (Wildman–Crippen LogP) is 0.416. The van der Waals surface area contributed by atoms with Crippen LogP contribution < -0.4 is 10.5 Å². The molecule has 0 aliphatic carbocycles. The van der Waals surface area contributed by atoms with Crippen molar-refractivity contribution in [1.29, 1.82) is 0 Å². The van der Waals surface area contributed by atoms with Crippen molar-refractivity contribution in [2.75, 3.05) is 26.2 Å². The van der Waals surface area contributed by atoms with E-state index < -0.39 is 15.9 Å². The third-order valence-corrected chi connectivity index (χ3v) is 4.07. The minimum atomic E-state index is -3.12. The van der Waals surface area contributed by atoms with Gasteiger partial charge in [-0.05, 0) is 12.5 Å². The van der Waals surface area contributed by atoms with Gasteiger partial charge in [-0.3, -0.25) is 4.79 Å².